The van der Waals surface area contributed by atoms with Crippen molar-refractivity contribution in [2.45, 2.75) is 33.0 Å². The fourth-order valence-electron chi connectivity index (χ4n) is 4.45. The van der Waals surface area contributed by atoms with E-state index in [2.05, 4.69) is 46.3 Å². The highest BCUT2D eigenvalue weighted by Crippen LogP contribution is 2.28. The summed E-state index contributed by atoms with van der Waals surface area (Å²) in [6, 6.07) is 32.2. The van der Waals surface area contributed by atoms with Crippen molar-refractivity contribution in [3.63, 3.8) is 0 Å². The van der Waals surface area contributed by atoms with E-state index < -0.39 is 0 Å². The molecule has 1 heterocycles. The van der Waals surface area contributed by atoms with E-state index in [1.54, 1.807) is 7.11 Å². The van der Waals surface area contributed by atoms with E-state index >= 15 is 0 Å². The lowest BCUT2D eigenvalue weighted by Crippen LogP contribution is -2.29. The molecule has 0 bridgehead atoms. The number of amides is 1. The van der Waals surface area contributed by atoms with Crippen molar-refractivity contribution in [3.05, 3.63) is 114 Å². The van der Waals surface area contributed by atoms with Gasteiger partial charge in [0.15, 0.2) is 11.5 Å². The summed E-state index contributed by atoms with van der Waals surface area (Å²) in [5.74, 6) is 1.97. The number of hydrogen-bond acceptors (Lipinski definition) is 4. The van der Waals surface area contributed by atoms with Crippen LogP contribution in [0.4, 0.5) is 0 Å². The molecule has 0 aliphatic carbocycles. The molecule has 5 rings (SSSR count). The van der Waals surface area contributed by atoms with E-state index in [0.29, 0.717) is 23.6 Å². The van der Waals surface area contributed by atoms with Gasteiger partial charge in [0.2, 0.25) is 0 Å². The van der Waals surface area contributed by atoms with Crippen molar-refractivity contribution in [3.8, 4) is 22.6 Å². The Balaban J connectivity index is 1.48. The summed E-state index contributed by atoms with van der Waals surface area (Å²) in [5.41, 5.74) is 5.78. The zero-order valence-electron chi connectivity index (χ0n) is 21.8. The Morgan fingerprint density at radius 1 is 0.868 bits per heavy atom. The Morgan fingerprint density at radius 3 is 2.26 bits per heavy atom. The zero-order valence-corrected chi connectivity index (χ0v) is 21.8. The van der Waals surface area contributed by atoms with E-state index in [0.717, 1.165) is 22.4 Å². The predicted molar refractivity (Wildman–Crippen MR) is 151 cm³/mol. The number of rotatable bonds is 9. The first kappa shape index (κ1) is 25.1. The third kappa shape index (κ3) is 5.54. The predicted octanol–water partition coefficient (Wildman–Crippen LogP) is 6.48. The second-order valence-electron chi connectivity index (χ2n) is 9.45. The van der Waals surface area contributed by atoms with Gasteiger partial charge in [0.25, 0.3) is 5.91 Å². The Bertz CT molecular complexity index is 1540. The van der Waals surface area contributed by atoms with Crippen molar-refractivity contribution >= 4 is 16.9 Å². The second-order valence-corrected chi connectivity index (χ2v) is 9.45. The molecule has 0 radical (unpaired) electrons. The summed E-state index contributed by atoms with van der Waals surface area (Å²) < 4.78 is 13.7. The van der Waals surface area contributed by atoms with Gasteiger partial charge in [-0.2, -0.15) is 0 Å². The molecule has 0 atom stereocenters. The van der Waals surface area contributed by atoms with Crippen LogP contribution in [0.5, 0.6) is 11.5 Å². The van der Waals surface area contributed by atoms with Gasteiger partial charge in [-0.3, -0.25) is 4.79 Å². The first-order valence-electron chi connectivity index (χ1n) is 12.7. The number of carbonyl (C=O) groups is 1. The molecule has 0 saturated carbocycles. The topological polar surface area (TPSA) is 65.4 Å². The number of fused-ring (bicyclic) bond motifs is 1. The van der Waals surface area contributed by atoms with Crippen molar-refractivity contribution < 1.29 is 14.3 Å². The number of nitrogens with zero attached hydrogens (tertiary/aromatic N) is 2. The summed E-state index contributed by atoms with van der Waals surface area (Å²) >= 11 is 0. The third-order valence-corrected chi connectivity index (χ3v) is 6.34. The fraction of sp³-hybridized carbons (Fsp3) is 0.188. The number of ether oxygens (including phenoxy) is 2. The van der Waals surface area contributed by atoms with Gasteiger partial charge in [0.05, 0.1) is 18.1 Å². The number of benzene rings is 4. The number of para-hydroxylation sites is 2. The van der Waals surface area contributed by atoms with Crippen LogP contribution in [0.1, 0.15) is 35.6 Å². The normalized spacial score (nSPS) is 11.1. The number of hydrogen-bond donors (Lipinski definition) is 1. The summed E-state index contributed by atoms with van der Waals surface area (Å²) in [6.07, 6.45) is 0. The monoisotopic (exact) mass is 505 g/mol. The maximum absolute atomic E-state index is 12.6. The Hall–Kier alpha value is -4.58. The van der Waals surface area contributed by atoms with Crippen LogP contribution in [0.15, 0.2) is 97.1 Å². The molecule has 1 N–H and O–H groups in total. The zero-order chi connectivity index (χ0) is 26.5. The highest BCUT2D eigenvalue weighted by molar-refractivity contribution is 5.97. The molecule has 0 unspecified atom stereocenters. The van der Waals surface area contributed by atoms with E-state index in [1.807, 2.05) is 74.5 Å². The van der Waals surface area contributed by atoms with Crippen molar-refractivity contribution in [2.24, 2.45) is 0 Å². The summed E-state index contributed by atoms with van der Waals surface area (Å²) in [4.78, 5) is 17.5. The molecular formula is C32H31N3O3. The highest BCUT2D eigenvalue weighted by Gasteiger charge is 2.16. The van der Waals surface area contributed by atoms with Gasteiger partial charge >= 0.3 is 0 Å². The minimum atomic E-state index is -0.111. The molecule has 5 aromatic rings. The molecule has 6 nitrogen and oxygen atoms in total. The van der Waals surface area contributed by atoms with Crippen molar-refractivity contribution in [2.75, 3.05) is 7.11 Å². The molecule has 192 valence electrons. The standard InChI is InChI=1S/C32H31N3O3/c1-22(2)33-32(36)26-17-18-28-27(19-26)34-31(21-38-30-12-8-7-11-29(30)37-3)35(28)20-23-13-15-25(16-14-23)24-9-5-4-6-10-24/h4-19,22H,20-21H2,1-3H3,(H,33,36). The molecule has 6 heteroatoms. The average Bonchev–Trinajstić information content (AvgIpc) is 3.28. The van der Waals surface area contributed by atoms with Crippen LogP contribution < -0.4 is 14.8 Å². The number of carbonyl (C=O) groups excluding carboxylic acids is 1. The lowest BCUT2D eigenvalue weighted by atomic mass is 10.0. The first-order chi connectivity index (χ1) is 18.5. The van der Waals surface area contributed by atoms with Crippen LogP contribution in [-0.2, 0) is 13.2 Å². The van der Waals surface area contributed by atoms with E-state index in [9.17, 15) is 4.79 Å². The third-order valence-electron chi connectivity index (χ3n) is 6.34. The van der Waals surface area contributed by atoms with E-state index in [1.165, 1.54) is 11.1 Å². The second kappa shape index (κ2) is 11.2. The fourth-order valence-corrected chi connectivity index (χ4v) is 4.45. The van der Waals surface area contributed by atoms with Gasteiger partial charge in [0, 0.05) is 18.2 Å². The largest absolute Gasteiger partial charge is 0.493 e. The van der Waals surface area contributed by atoms with Gasteiger partial charge in [-0.25, -0.2) is 4.98 Å². The van der Waals surface area contributed by atoms with Crippen molar-refractivity contribution in [1.82, 2.24) is 14.9 Å². The van der Waals surface area contributed by atoms with Crippen LogP contribution in [0, 0.1) is 0 Å². The molecule has 0 aliphatic rings. The maximum Gasteiger partial charge on any atom is 0.251 e. The quantitative estimate of drug-likeness (QED) is 0.249. The molecule has 38 heavy (non-hydrogen) atoms. The van der Waals surface area contributed by atoms with Crippen molar-refractivity contribution in [1.29, 1.82) is 0 Å². The number of imidazole rings is 1. The van der Waals surface area contributed by atoms with Crippen LogP contribution >= 0.6 is 0 Å². The van der Waals surface area contributed by atoms with Gasteiger partial charge in [-0.05, 0) is 60.9 Å². The first-order valence-corrected chi connectivity index (χ1v) is 12.7. The minimum Gasteiger partial charge on any atom is -0.493 e. The number of aromatic nitrogens is 2. The lowest BCUT2D eigenvalue weighted by molar-refractivity contribution is 0.0943. The average molecular weight is 506 g/mol. The Labute approximate surface area is 222 Å². The van der Waals surface area contributed by atoms with Crippen LogP contribution in [0.3, 0.4) is 0 Å². The van der Waals surface area contributed by atoms with Crippen LogP contribution in [0.25, 0.3) is 22.2 Å². The SMILES string of the molecule is COc1ccccc1OCc1nc2cc(C(=O)NC(C)C)ccc2n1Cc1ccc(-c2ccccc2)cc1. The molecule has 4 aromatic carbocycles. The molecule has 0 spiro atoms. The van der Waals surface area contributed by atoms with Crippen LogP contribution in [-0.4, -0.2) is 28.6 Å². The molecular weight excluding hydrogens is 474 g/mol. The van der Waals surface area contributed by atoms with Gasteiger partial charge in [-0.15, -0.1) is 0 Å². The highest BCUT2D eigenvalue weighted by atomic mass is 16.5. The number of methoxy groups -OCH3 is 1. The smallest absolute Gasteiger partial charge is 0.251 e. The van der Waals surface area contributed by atoms with E-state index in [-0.39, 0.29) is 18.6 Å². The number of nitrogens with one attached hydrogen (secondary N) is 1. The summed E-state index contributed by atoms with van der Waals surface area (Å²) in [5, 5.41) is 2.95. The molecule has 0 fully saturated rings. The van der Waals surface area contributed by atoms with Gasteiger partial charge in [-0.1, -0.05) is 66.7 Å². The maximum atomic E-state index is 12.6. The van der Waals surface area contributed by atoms with Crippen LogP contribution in [0.2, 0.25) is 0 Å². The Kier molecular flexibility index (Phi) is 7.40. The van der Waals surface area contributed by atoms with E-state index in [4.69, 9.17) is 14.5 Å². The van der Waals surface area contributed by atoms with Gasteiger partial charge in [0.1, 0.15) is 12.4 Å². The minimum absolute atomic E-state index is 0.0550. The Morgan fingerprint density at radius 2 is 1.55 bits per heavy atom. The molecule has 0 saturated heterocycles. The van der Waals surface area contributed by atoms with Gasteiger partial charge < -0.3 is 19.4 Å². The summed E-state index contributed by atoms with van der Waals surface area (Å²) in [7, 11) is 1.63. The lowest BCUT2D eigenvalue weighted by Gasteiger charge is -2.13. The molecule has 1 aromatic heterocycles. The molecule has 0 aliphatic heterocycles. The molecule has 1 amide bonds. The summed E-state index contributed by atoms with van der Waals surface area (Å²) in [6.45, 7) is 4.77.